The van der Waals surface area contributed by atoms with Crippen LogP contribution in [0.2, 0.25) is 0 Å². The molecular weight excluding hydrogens is 384 g/mol. The maximum absolute atomic E-state index is 13.1. The van der Waals surface area contributed by atoms with Crippen LogP contribution in [0.25, 0.3) is 5.69 Å². The summed E-state index contributed by atoms with van der Waals surface area (Å²) in [6.45, 7) is 1.27. The van der Waals surface area contributed by atoms with Crippen LogP contribution in [0, 0.1) is 0 Å². The number of hydrogen-bond acceptors (Lipinski definition) is 6. The summed E-state index contributed by atoms with van der Waals surface area (Å²) in [5, 5.41) is 7.26. The molecule has 2 aliphatic heterocycles. The van der Waals surface area contributed by atoms with Gasteiger partial charge < -0.3 is 10.1 Å². The second-order valence-electron chi connectivity index (χ2n) is 7.08. The zero-order chi connectivity index (χ0) is 20.7. The number of carbonyl (C=O) groups excluding carboxylic acids is 1. The topological polar surface area (TPSA) is 93.8 Å². The van der Waals surface area contributed by atoms with Crippen molar-refractivity contribution in [3.05, 3.63) is 64.6 Å². The van der Waals surface area contributed by atoms with E-state index < -0.39 is 0 Å². The van der Waals surface area contributed by atoms with Crippen molar-refractivity contribution >= 4 is 23.4 Å². The molecule has 1 amide bonds. The normalized spacial score (nSPS) is 14.3. The van der Waals surface area contributed by atoms with Crippen LogP contribution in [0.4, 0.5) is 11.6 Å². The lowest BCUT2D eigenvalue weighted by molar-refractivity contribution is -0.117. The van der Waals surface area contributed by atoms with Gasteiger partial charge in [-0.15, -0.1) is 5.10 Å². The Balaban J connectivity index is 1.49. The maximum atomic E-state index is 13.1. The Morgan fingerprint density at radius 3 is 2.93 bits per heavy atom. The molecule has 3 heterocycles. The van der Waals surface area contributed by atoms with E-state index in [1.54, 1.807) is 35.9 Å². The number of aliphatic imine (C=N–C) groups is 1. The highest BCUT2D eigenvalue weighted by Gasteiger charge is 2.33. The number of amidine groups is 1. The average molecular weight is 404 g/mol. The van der Waals surface area contributed by atoms with Crippen LogP contribution in [0.1, 0.15) is 12.0 Å². The van der Waals surface area contributed by atoms with E-state index in [1.807, 2.05) is 29.2 Å². The number of carbonyl (C=O) groups is 1. The zero-order valence-corrected chi connectivity index (χ0v) is 16.4. The van der Waals surface area contributed by atoms with Gasteiger partial charge in [-0.3, -0.25) is 14.7 Å². The van der Waals surface area contributed by atoms with Gasteiger partial charge in [0.2, 0.25) is 11.9 Å². The zero-order valence-electron chi connectivity index (χ0n) is 16.4. The number of fused-ring (bicyclic) bond motifs is 6. The summed E-state index contributed by atoms with van der Waals surface area (Å²) < 4.78 is 7.92. The van der Waals surface area contributed by atoms with Gasteiger partial charge in [0, 0.05) is 30.4 Å². The maximum Gasteiger partial charge on any atom is 0.352 e. The minimum atomic E-state index is -0.358. The molecule has 0 unspecified atom stereocenters. The van der Waals surface area contributed by atoms with E-state index in [9.17, 15) is 9.59 Å². The van der Waals surface area contributed by atoms with Gasteiger partial charge in [0.1, 0.15) is 18.1 Å². The SMILES string of the molecule is COc1cccc(NC(=O)Cn2nc3n(c2=O)-c2ccccc2C2=NCCCN23)c1. The molecule has 0 bridgehead atoms. The Hall–Kier alpha value is -3.88. The number of rotatable bonds is 4. The van der Waals surface area contributed by atoms with Gasteiger partial charge in [-0.25, -0.2) is 14.0 Å². The molecule has 1 aromatic heterocycles. The number of benzene rings is 2. The molecule has 5 rings (SSSR count). The Labute approximate surface area is 172 Å². The number of nitrogens with one attached hydrogen (secondary N) is 1. The largest absolute Gasteiger partial charge is 0.497 e. The molecule has 9 heteroatoms. The molecule has 3 aromatic rings. The lowest BCUT2D eigenvalue weighted by Gasteiger charge is -2.33. The summed E-state index contributed by atoms with van der Waals surface area (Å²) in [6.07, 6.45) is 0.878. The minimum Gasteiger partial charge on any atom is -0.497 e. The molecule has 2 aliphatic rings. The van der Waals surface area contributed by atoms with Crippen LogP contribution in [0.5, 0.6) is 5.75 Å². The number of aromatic nitrogens is 3. The van der Waals surface area contributed by atoms with Crippen LogP contribution < -0.4 is 20.6 Å². The van der Waals surface area contributed by atoms with Crippen molar-refractivity contribution in [3.8, 4) is 11.4 Å². The fourth-order valence-corrected chi connectivity index (χ4v) is 3.81. The molecule has 0 spiro atoms. The van der Waals surface area contributed by atoms with Crippen molar-refractivity contribution in [2.45, 2.75) is 13.0 Å². The van der Waals surface area contributed by atoms with Gasteiger partial charge in [0.05, 0.1) is 12.8 Å². The first-order chi connectivity index (χ1) is 14.7. The van der Waals surface area contributed by atoms with Crippen LogP contribution in [0.3, 0.4) is 0 Å². The number of amides is 1. The Morgan fingerprint density at radius 2 is 2.07 bits per heavy atom. The predicted octanol–water partition coefficient (Wildman–Crippen LogP) is 1.65. The fraction of sp³-hybridized carbons (Fsp3) is 0.238. The summed E-state index contributed by atoms with van der Waals surface area (Å²) in [5.74, 6) is 1.60. The van der Waals surface area contributed by atoms with Crippen LogP contribution >= 0.6 is 0 Å². The number of anilines is 2. The van der Waals surface area contributed by atoms with Crippen LogP contribution in [-0.2, 0) is 11.3 Å². The third-order valence-corrected chi connectivity index (χ3v) is 5.15. The van der Waals surface area contributed by atoms with Gasteiger partial charge in [-0.1, -0.05) is 18.2 Å². The Morgan fingerprint density at radius 1 is 1.20 bits per heavy atom. The molecular formula is C21H20N6O3. The summed E-state index contributed by atoms with van der Waals surface area (Å²) in [5.41, 5.74) is 1.86. The first kappa shape index (κ1) is 18.2. The van der Waals surface area contributed by atoms with E-state index in [4.69, 9.17) is 4.74 Å². The molecule has 0 radical (unpaired) electrons. The van der Waals surface area contributed by atoms with E-state index >= 15 is 0 Å². The monoisotopic (exact) mass is 404 g/mol. The molecule has 0 aliphatic carbocycles. The molecule has 0 fully saturated rings. The minimum absolute atomic E-state index is 0.196. The molecule has 0 saturated carbocycles. The number of ether oxygens (including phenoxy) is 1. The first-order valence-electron chi connectivity index (χ1n) is 9.71. The van der Waals surface area contributed by atoms with Crippen LogP contribution in [-0.4, -0.2) is 46.3 Å². The molecule has 2 aromatic carbocycles. The van der Waals surface area contributed by atoms with Crippen molar-refractivity contribution in [2.24, 2.45) is 4.99 Å². The second-order valence-corrected chi connectivity index (χ2v) is 7.08. The van der Waals surface area contributed by atoms with E-state index in [1.165, 1.54) is 4.68 Å². The van der Waals surface area contributed by atoms with Crippen molar-refractivity contribution in [3.63, 3.8) is 0 Å². The highest BCUT2D eigenvalue weighted by molar-refractivity contribution is 6.13. The Bertz CT molecular complexity index is 1230. The van der Waals surface area contributed by atoms with Crippen molar-refractivity contribution in [2.75, 3.05) is 30.4 Å². The third kappa shape index (κ3) is 2.95. The number of hydrogen-bond donors (Lipinski definition) is 1. The van der Waals surface area contributed by atoms with Gasteiger partial charge in [0.25, 0.3) is 0 Å². The van der Waals surface area contributed by atoms with E-state index in [-0.39, 0.29) is 18.1 Å². The fourth-order valence-electron chi connectivity index (χ4n) is 3.81. The standard InChI is InChI=1S/C21H20N6O3/c1-30-15-7-4-6-14(12-15)23-18(28)13-26-21(29)27-17-9-3-2-8-16(17)19-22-10-5-11-25(19)20(27)24-26/h2-4,6-9,12H,5,10-11,13H2,1H3,(H,23,28). The first-order valence-corrected chi connectivity index (χ1v) is 9.71. The molecule has 0 atom stereocenters. The predicted molar refractivity (Wildman–Crippen MR) is 113 cm³/mol. The summed E-state index contributed by atoms with van der Waals surface area (Å²) in [7, 11) is 1.56. The van der Waals surface area contributed by atoms with E-state index in [0.29, 0.717) is 17.4 Å². The summed E-state index contributed by atoms with van der Waals surface area (Å²) in [4.78, 5) is 32.3. The Kier molecular flexibility index (Phi) is 4.35. The molecule has 0 saturated heterocycles. The highest BCUT2D eigenvalue weighted by atomic mass is 16.5. The molecule has 9 nitrogen and oxygen atoms in total. The average Bonchev–Trinajstić information content (AvgIpc) is 3.10. The van der Waals surface area contributed by atoms with E-state index in [0.717, 1.165) is 36.6 Å². The van der Waals surface area contributed by atoms with Crippen LogP contribution in [0.15, 0.2) is 58.3 Å². The summed E-state index contributed by atoms with van der Waals surface area (Å²) >= 11 is 0. The lowest BCUT2D eigenvalue weighted by atomic mass is 10.1. The van der Waals surface area contributed by atoms with Crippen molar-refractivity contribution in [1.82, 2.24) is 14.3 Å². The van der Waals surface area contributed by atoms with Gasteiger partial charge in [-0.2, -0.15) is 0 Å². The second kappa shape index (κ2) is 7.18. The molecule has 30 heavy (non-hydrogen) atoms. The third-order valence-electron chi connectivity index (χ3n) is 5.15. The number of nitrogens with zero attached hydrogens (tertiary/aromatic N) is 5. The van der Waals surface area contributed by atoms with Gasteiger partial charge in [0.15, 0.2) is 0 Å². The van der Waals surface area contributed by atoms with Crippen molar-refractivity contribution < 1.29 is 9.53 Å². The molecule has 1 N–H and O–H groups in total. The smallest absolute Gasteiger partial charge is 0.352 e. The van der Waals surface area contributed by atoms with E-state index in [2.05, 4.69) is 15.4 Å². The molecule has 152 valence electrons. The van der Waals surface area contributed by atoms with Crippen molar-refractivity contribution in [1.29, 1.82) is 0 Å². The number of methoxy groups -OCH3 is 1. The van der Waals surface area contributed by atoms with Gasteiger partial charge >= 0.3 is 5.69 Å². The quantitative estimate of drug-likeness (QED) is 0.714. The summed E-state index contributed by atoms with van der Waals surface area (Å²) in [6, 6.07) is 14.7. The van der Waals surface area contributed by atoms with Gasteiger partial charge in [-0.05, 0) is 30.7 Å². The number of para-hydroxylation sites is 1. The highest BCUT2D eigenvalue weighted by Crippen LogP contribution is 2.29. The lowest BCUT2D eigenvalue weighted by Crippen LogP contribution is -2.42.